The molecule has 0 saturated heterocycles. The van der Waals surface area contributed by atoms with Gasteiger partial charge in [0.25, 0.3) is 0 Å². The Hall–Kier alpha value is -5.34. The molecular weight excluding hydrogens is 813 g/mol. The molecule has 3 fully saturated rings. The van der Waals surface area contributed by atoms with Gasteiger partial charge in [-0.1, -0.05) is 128 Å². The van der Waals surface area contributed by atoms with Gasteiger partial charge in [-0.3, -0.25) is 0 Å². The third-order valence-electron chi connectivity index (χ3n) is 18.7. The van der Waals surface area contributed by atoms with Gasteiger partial charge < -0.3 is 4.90 Å². The normalized spacial score (nSPS) is 26.3. The van der Waals surface area contributed by atoms with Crippen LogP contribution in [-0.4, -0.2) is 39.2 Å². The highest BCUT2D eigenvalue weighted by Crippen LogP contribution is 2.67. The standard InChI is InChI=1S/C62H52B5N/c1-2-36-22-33-9-8-12-39(23-33)48-31-54-50(29-46(36)48)51-30-47-40-24-34-21-35(25-40)27-41(26-34)49(47)32-55(51)62(54)52-14-7-6-13-44(52)45-20-19-43(28-53(45)62)68(61-59(66)57(64)56(63)58(65)60(61)67)42-17-15-38(16-18-42)37-10-4-3-5-11-37/h3-7,10-11,13-20,28-36,39-41H,2,8-9,12,21-27H2,1H3. The molecule has 7 aromatic carbocycles. The number of fused-ring (bicyclic) bond motifs is 14. The summed E-state index contributed by atoms with van der Waals surface area (Å²) in [7, 11) is 34.1. The van der Waals surface area contributed by atoms with Crippen LogP contribution in [-0.2, 0) is 5.41 Å². The van der Waals surface area contributed by atoms with E-state index in [1.807, 2.05) is 6.07 Å². The van der Waals surface area contributed by atoms with Crippen molar-refractivity contribution in [2.75, 3.05) is 4.90 Å². The maximum Gasteiger partial charge on any atom is 0.115 e. The van der Waals surface area contributed by atoms with Crippen molar-refractivity contribution in [2.45, 2.75) is 107 Å². The Labute approximate surface area is 410 Å². The Morgan fingerprint density at radius 2 is 0.985 bits per heavy atom. The van der Waals surface area contributed by atoms with Crippen molar-refractivity contribution in [2.24, 2.45) is 17.8 Å². The number of rotatable bonds is 5. The first kappa shape index (κ1) is 41.6. The molecule has 320 valence electrons. The average molecular weight is 865 g/mol. The number of nitrogens with zero attached hydrogens (tertiary/aromatic N) is 1. The summed E-state index contributed by atoms with van der Waals surface area (Å²) in [6.45, 7) is 2.44. The molecular formula is C62H52B5N. The van der Waals surface area contributed by atoms with Crippen molar-refractivity contribution in [3.8, 4) is 33.4 Å². The van der Waals surface area contributed by atoms with Gasteiger partial charge in [-0.2, -0.15) is 0 Å². The largest absolute Gasteiger partial charge is 0.312 e. The van der Waals surface area contributed by atoms with Crippen molar-refractivity contribution < 1.29 is 0 Å². The van der Waals surface area contributed by atoms with E-state index in [1.54, 1.807) is 22.3 Å². The number of hydrogen-bond acceptors (Lipinski definition) is 1. The van der Waals surface area contributed by atoms with Crippen LogP contribution in [0.5, 0.6) is 0 Å². The van der Waals surface area contributed by atoms with Crippen LogP contribution in [0.4, 0.5) is 17.1 Å². The van der Waals surface area contributed by atoms with Gasteiger partial charge in [0, 0.05) is 17.1 Å². The second-order valence-electron chi connectivity index (χ2n) is 22.1. The van der Waals surface area contributed by atoms with Gasteiger partial charge >= 0.3 is 0 Å². The lowest BCUT2D eigenvalue weighted by Crippen LogP contribution is -2.56. The highest BCUT2D eigenvalue weighted by Gasteiger charge is 2.54. The predicted octanol–water partition coefficient (Wildman–Crippen LogP) is 10.7. The molecule has 6 heteroatoms. The molecule has 0 amide bonds. The fraction of sp³-hybridized carbons (Fsp3) is 0.323. The van der Waals surface area contributed by atoms with E-state index in [0.717, 1.165) is 40.3 Å². The summed E-state index contributed by atoms with van der Waals surface area (Å²) in [5.41, 5.74) is 23.0. The average Bonchev–Trinajstić information content (AvgIpc) is 3.71. The molecule has 6 unspecified atom stereocenters. The molecule has 0 aromatic heterocycles. The molecule has 10 radical (unpaired) electrons. The van der Waals surface area contributed by atoms with E-state index < -0.39 is 5.41 Å². The Kier molecular flexibility index (Phi) is 9.38. The van der Waals surface area contributed by atoms with Crippen LogP contribution < -0.4 is 32.2 Å². The summed E-state index contributed by atoms with van der Waals surface area (Å²) in [5.74, 6) is 4.96. The van der Waals surface area contributed by atoms with E-state index in [9.17, 15) is 0 Å². The fourth-order valence-corrected chi connectivity index (χ4v) is 15.9. The molecule has 7 aromatic rings. The Morgan fingerprint density at radius 3 is 1.68 bits per heavy atom. The van der Waals surface area contributed by atoms with E-state index in [0.29, 0.717) is 40.3 Å². The van der Waals surface area contributed by atoms with Crippen molar-refractivity contribution >= 4 is 83.6 Å². The van der Waals surface area contributed by atoms with Crippen LogP contribution in [0.1, 0.15) is 146 Å². The lowest BCUT2D eigenvalue weighted by molar-refractivity contribution is 0.166. The first-order valence-corrected chi connectivity index (χ1v) is 25.8. The van der Waals surface area contributed by atoms with Crippen LogP contribution in [0, 0.1) is 17.8 Å². The van der Waals surface area contributed by atoms with Crippen LogP contribution in [0.15, 0.2) is 121 Å². The highest BCUT2D eigenvalue weighted by atomic mass is 15.1. The quantitative estimate of drug-likeness (QED) is 0.156. The van der Waals surface area contributed by atoms with Gasteiger partial charge in [0.2, 0.25) is 0 Å². The molecule has 0 heterocycles. The van der Waals surface area contributed by atoms with Crippen molar-refractivity contribution in [3.05, 3.63) is 166 Å². The second kappa shape index (κ2) is 15.3. The first-order chi connectivity index (χ1) is 33.2. The summed E-state index contributed by atoms with van der Waals surface area (Å²) in [6, 6.07) is 46.5. The van der Waals surface area contributed by atoms with Crippen molar-refractivity contribution in [3.63, 3.8) is 0 Å². The van der Waals surface area contributed by atoms with E-state index in [-0.39, 0.29) is 16.4 Å². The molecule has 15 rings (SSSR count). The Morgan fingerprint density at radius 1 is 0.441 bits per heavy atom. The van der Waals surface area contributed by atoms with E-state index in [2.05, 4.69) is 127 Å². The maximum absolute atomic E-state index is 7.06. The second-order valence-corrected chi connectivity index (χ2v) is 22.1. The number of benzene rings is 7. The number of hydrogen-bond donors (Lipinski definition) is 0. The summed E-state index contributed by atoms with van der Waals surface area (Å²) in [6.07, 6.45) is 14.6. The summed E-state index contributed by atoms with van der Waals surface area (Å²) in [5, 5.41) is 0. The smallest absolute Gasteiger partial charge is 0.115 e. The van der Waals surface area contributed by atoms with E-state index >= 15 is 0 Å². The van der Waals surface area contributed by atoms with Crippen molar-refractivity contribution in [1.29, 1.82) is 0 Å². The molecule has 8 aliphatic carbocycles. The minimum Gasteiger partial charge on any atom is -0.312 e. The number of anilines is 3. The minimum atomic E-state index is -0.541. The zero-order valence-electron chi connectivity index (χ0n) is 39.2. The van der Waals surface area contributed by atoms with Crippen LogP contribution in [0.25, 0.3) is 33.4 Å². The van der Waals surface area contributed by atoms with Gasteiger partial charge in [-0.25, -0.2) is 0 Å². The van der Waals surface area contributed by atoms with Gasteiger partial charge in [0.1, 0.15) is 39.2 Å². The monoisotopic (exact) mass is 865 g/mol. The topological polar surface area (TPSA) is 3.24 Å². The van der Waals surface area contributed by atoms with Crippen LogP contribution in [0.2, 0.25) is 0 Å². The third kappa shape index (κ3) is 5.82. The molecule has 3 saturated carbocycles. The van der Waals surface area contributed by atoms with Crippen molar-refractivity contribution in [1.82, 2.24) is 0 Å². The van der Waals surface area contributed by atoms with Gasteiger partial charge in [-0.05, 0) is 201 Å². The molecule has 1 spiro atoms. The summed E-state index contributed by atoms with van der Waals surface area (Å²) < 4.78 is 0. The lowest BCUT2D eigenvalue weighted by Gasteiger charge is -2.38. The lowest BCUT2D eigenvalue weighted by atomic mass is 9.61. The Bertz CT molecular complexity index is 3200. The van der Waals surface area contributed by atoms with E-state index in [4.69, 9.17) is 39.2 Å². The maximum atomic E-state index is 7.06. The van der Waals surface area contributed by atoms with E-state index in [1.165, 1.54) is 115 Å². The summed E-state index contributed by atoms with van der Waals surface area (Å²) in [4.78, 5) is 2.16. The molecule has 1 nitrogen and oxygen atoms in total. The third-order valence-corrected chi connectivity index (χ3v) is 18.7. The molecule has 6 bridgehead atoms. The van der Waals surface area contributed by atoms with Crippen LogP contribution >= 0.6 is 0 Å². The minimum absolute atomic E-state index is 0.209. The molecule has 68 heavy (non-hydrogen) atoms. The van der Waals surface area contributed by atoms with Gasteiger partial charge in [0.05, 0.1) is 5.41 Å². The fourth-order valence-electron chi connectivity index (χ4n) is 15.9. The predicted molar refractivity (Wildman–Crippen MR) is 288 cm³/mol. The molecule has 6 atom stereocenters. The SMILES string of the molecule is [B]c1c([B])c([B])c(N(c2ccc(-c3ccccc3)cc2)c2ccc3c(c2)C2(c4ccccc4-3)c3cc4c(cc3-c3cc5c(cc32)C2CC3CC(CC5C3)C2)C(CC)CC2CCCC4C2)c([B])c1[B]. The summed E-state index contributed by atoms with van der Waals surface area (Å²) >= 11 is 0. The zero-order chi connectivity index (χ0) is 45.7. The zero-order valence-corrected chi connectivity index (χ0v) is 39.2. The Balaban J connectivity index is 1.06. The molecule has 0 aliphatic heterocycles. The first-order valence-electron chi connectivity index (χ1n) is 25.8. The van der Waals surface area contributed by atoms with Gasteiger partial charge in [0.15, 0.2) is 0 Å². The molecule has 0 N–H and O–H groups in total. The van der Waals surface area contributed by atoms with Crippen LogP contribution in [0.3, 0.4) is 0 Å². The van der Waals surface area contributed by atoms with Gasteiger partial charge in [-0.15, -0.1) is 16.4 Å². The highest BCUT2D eigenvalue weighted by molar-refractivity contribution is 6.69. The molecule has 8 aliphatic rings.